The van der Waals surface area contributed by atoms with E-state index >= 15 is 0 Å². The molecular weight excluding hydrogens is 1170 g/mol. The van der Waals surface area contributed by atoms with Crippen molar-refractivity contribution in [1.29, 1.82) is 0 Å². The third-order valence-electron chi connectivity index (χ3n) is 11.6. The Morgan fingerprint density at radius 3 is 1.51 bits per heavy atom. The van der Waals surface area contributed by atoms with Crippen LogP contribution in [0.25, 0.3) is 54.6 Å². The van der Waals surface area contributed by atoms with Crippen molar-refractivity contribution in [3.63, 3.8) is 0 Å². The molecule has 8 aromatic rings. The number of carbonyl (C=O) groups excluding carboxylic acids is 3. The number of rotatable bonds is 14. The van der Waals surface area contributed by atoms with Gasteiger partial charge in [0.25, 0.3) is 6.47 Å². The summed E-state index contributed by atoms with van der Waals surface area (Å²) in [5.74, 6) is 0.109. The van der Waals surface area contributed by atoms with E-state index in [2.05, 4.69) is 63.0 Å². The first-order chi connectivity index (χ1) is 32.7. The number of imidazole rings is 2. The minimum atomic E-state index is -0.634. The van der Waals surface area contributed by atoms with Crippen molar-refractivity contribution in [2.45, 2.75) is 69.2 Å². The van der Waals surface area contributed by atoms with E-state index < -0.39 is 5.41 Å². The number of carbonyl (C=O) groups is 3. The molecule has 4 aromatic heterocycles. The van der Waals surface area contributed by atoms with Crippen LogP contribution in [0.3, 0.4) is 0 Å². The van der Waals surface area contributed by atoms with Crippen LogP contribution < -0.4 is 169 Å². The number of hydrogen-bond acceptors (Lipinski definition) is 15. The summed E-state index contributed by atoms with van der Waals surface area (Å²) in [6.07, 6.45) is 3.47. The second-order valence-corrected chi connectivity index (χ2v) is 18.6. The molecule has 8 rings (SSSR count). The van der Waals surface area contributed by atoms with Crippen LogP contribution in [0, 0.1) is 10.8 Å². The first kappa shape index (κ1) is 62.7. The van der Waals surface area contributed by atoms with Crippen molar-refractivity contribution in [1.82, 2.24) is 28.6 Å². The van der Waals surface area contributed by atoms with Crippen molar-refractivity contribution < 1.29 is 174 Å². The molecule has 17 nitrogen and oxygen atoms in total. The maximum atomic E-state index is 13.6. The Balaban J connectivity index is 0.000000400. The number of aromatic nitrogens is 4. The number of likely N-dealkylation sites (N-methyl/N-ethyl adjacent to an activating group) is 2. The zero-order chi connectivity index (χ0) is 50.8. The third kappa shape index (κ3) is 15.5. The number of halogens is 1. The van der Waals surface area contributed by atoms with Crippen molar-refractivity contribution in [3.05, 3.63) is 93.8 Å². The minimum absolute atomic E-state index is 0. The van der Waals surface area contributed by atoms with E-state index in [0.29, 0.717) is 27.3 Å². The Hall–Kier alpha value is -2.56. The fourth-order valence-corrected chi connectivity index (χ4v) is 7.52. The van der Waals surface area contributed by atoms with Gasteiger partial charge in [0.2, 0.25) is 5.24 Å². The van der Waals surface area contributed by atoms with Crippen LogP contribution in [0.15, 0.2) is 82.9 Å². The normalized spacial score (nSPS) is 11.4. The van der Waals surface area contributed by atoms with Gasteiger partial charge in [-0.3, -0.25) is 32.8 Å². The van der Waals surface area contributed by atoms with Crippen molar-refractivity contribution >= 4 is 95.3 Å². The van der Waals surface area contributed by atoms with Crippen LogP contribution in [0.4, 0.5) is 11.4 Å². The number of hydrogen-bond donors (Lipinski definition) is 3. The Labute approximate surface area is 537 Å². The predicted molar refractivity (Wildman–Crippen MR) is 273 cm³/mol. The van der Waals surface area contributed by atoms with Crippen molar-refractivity contribution in [2.24, 2.45) is 10.8 Å². The van der Waals surface area contributed by atoms with Crippen LogP contribution in [0.2, 0.25) is 0 Å². The molecule has 0 aliphatic carbocycles. The molecule has 0 bridgehead atoms. The van der Waals surface area contributed by atoms with Gasteiger partial charge in [-0.2, -0.15) is 0 Å². The number of aromatic hydroxyl groups is 1. The summed E-state index contributed by atoms with van der Waals surface area (Å²) in [7, 11) is 0. The fourth-order valence-electron chi connectivity index (χ4n) is 7.52. The molecule has 0 spiro atoms. The molecule has 0 fully saturated rings. The molecule has 0 aliphatic rings. The molecule has 0 atom stereocenters. The van der Waals surface area contributed by atoms with E-state index in [4.69, 9.17) is 26.4 Å². The van der Waals surface area contributed by atoms with Crippen LogP contribution >= 0.6 is 11.6 Å². The fraction of sp³-hybridized carbons (Fsp3) is 0.392. The number of ether oxygens (including phenoxy) is 1. The van der Waals surface area contributed by atoms with Gasteiger partial charge in [0.15, 0.2) is 10.9 Å². The minimum Gasteiger partial charge on any atom is -1.00 e. The molecule has 4 heterocycles. The van der Waals surface area contributed by atoms with Gasteiger partial charge >= 0.3 is 144 Å². The maximum Gasteiger partial charge on any atom is 1.00 e. The van der Waals surface area contributed by atoms with E-state index in [1.807, 2.05) is 39.1 Å². The summed E-state index contributed by atoms with van der Waals surface area (Å²) in [6.45, 7) is 26.4. The third-order valence-corrected chi connectivity index (χ3v) is 12.1. The van der Waals surface area contributed by atoms with Gasteiger partial charge in [0.1, 0.15) is 24.2 Å². The molecule has 0 unspecified atom stereocenters. The molecule has 0 amide bonds. The monoisotopic (exact) mass is 1230 g/mol. The SMILES string of the molecule is CC(C)(C)C(=O)Cl.CCN(CC)CCNc1ccc2ncn3c4ccc(O)cc4c(=O)c1c23.CCN(CC)CCNc1ccc2ncn3c4ccc(OC(=O)C(C)(C)C)cc4c(=O)c1c23.O=CO[O-].[Cs+].[Cs+].[H-]. The van der Waals surface area contributed by atoms with Gasteiger partial charge in [-0.1, -0.05) is 48.5 Å². The van der Waals surface area contributed by atoms with Crippen LogP contribution in [-0.4, -0.2) is 104 Å². The Bertz CT molecular complexity index is 3170. The molecule has 0 saturated carbocycles. The standard InChI is InChI=1S/C25H30N4O3.C20H22N4O2.C5H9ClO.CH2O3.2Cs.H/c1-6-28(7-2)13-12-26-18-9-10-19-22-21(18)23(30)17-14-16(32-24(31)25(3,4)5)8-11-20(17)29(22)15-27-19;1-3-23(4-2)10-9-21-15-6-7-16-19-18(15)20(26)14-11-13(25)5-8-17(14)24(19)12-22-16;1-5(2,3)4(6)7;2-1-4-3;;;/h8-11,14-15,26H,6-7,12-13H2,1-5H3;5-8,11-12,21,25H,3-4,9-10H2,1-2H3;1-3H3;1,3H;;;/q;;;;2*+1;-1/p-1. The van der Waals surface area contributed by atoms with Crippen LogP contribution in [-0.2, 0) is 19.3 Å². The van der Waals surface area contributed by atoms with Gasteiger partial charge in [0, 0.05) is 43.0 Å². The van der Waals surface area contributed by atoms with E-state index in [-0.39, 0.29) is 179 Å². The molecule has 0 aliphatic heterocycles. The van der Waals surface area contributed by atoms with E-state index in [1.54, 1.807) is 78.5 Å². The molecule has 71 heavy (non-hydrogen) atoms. The first-order valence-electron chi connectivity index (χ1n) is 22.9. The second kappa shape index (κ2) is 28.4. The molecule has 4 aromatic carbocycles. The summed E-state index contributed by atoms with van der Waals surface area (Å²) < 4.78 is 9.41. The average molecular weight is 1230 g/mol. The topological polar surface area (TPSA) is 212 Å². The number of anilines is 2. The number of esters is 1. The molecule has 3 N–H and O–H groups in total. The van der Waals surface area contributed by atoms with Crippen molar-refractivity contribution in [2.75, 3.05) is 63.0 Å². The van der Waals surface area contributed by atoms with Crippen molar-refractivity contribution in [3.8, 4) is 11.5 Å². The molecule has 0 radical (unpaired) electrons. The van der Waals surface area contributed by atoms with Gasteiger partial charge in [-0.15, -0.1) is 0 Å². The van der Waals surface area contributed by atoms with E-state index in [1.165, 1.54) is 6.07 Å². The van der Waals surface area contributed by atoms with Gasteiger partial charge in [0.05, 0.1) is 60.1 Å². The zero-order valence-electron chi connectivity index (χ0n) is 43.9. The molecular formula is C51H63ClCs2N8O9. The van der Waals surface area contributed by atoms with E-state index in [0.717, 1.165) is 96.8 Å². The van der Waals surface area contributed by atoms with Gasteiger partial charge in [-0.05, 0) is 119 Å². The summed E-state index contributed by atoms with van der Waals surface area (Å²) in [5, 5.41) is 27.0. The Kier molecular flexibility index (Phi) is 25.1. The average Bonchev–Trinajstić information content (AvgIpc) is 3.96. The Morgan fingerprint density at radius 1 is 0.718 bits per heavy atom. The number of nitrogens with one attached hydrogen (secondary N) is 2. The van der Waals surface area contributed by atoms with E-state index in [9.17, 15) is 24.3 Å². The summed E-state index contributed by atoms with van der Waals surface area (Å²) in [5.41, 5.74) is 5.09. The summed E-state index contributed by atoms with van der Waals surface area (Å²) in [4.78, 5) is 74.2. The maximum absolute atomic E-state index is 13.6. The summed E-state index contributed by atoms with van der Waals surface area (Å²) in [6, 6.07) is 17.8. The number of nitrogens with zero attached hydrogens (tertiary/aromatic N) is 6. The number of benzene rings is 4. The first-order valence-corrected chi connectivity index (χ1v) is 23.3. The Morgan fingerprint density at radius 2 is 1.13 bits per heavy atom. The quantitative estimate of drug-likeness (QED) is 0.0267. The molecule has 20 heteroatoms. The largest absolute Gasteiger partial charge is 1.00 e. The second-order valence-electron chi connectivity index (χ2n) is 18.2. The molecule has 0 saturated heterocycles. The number of phenolic OH excluding ortho intramolecular Hbond substituents is 1. The number of phenols is 1. The van der Waals surface area contributed by atoms with Crippen LogP contribution in [0.1, 0.15) is 70.7 Å². The number of fused-ring (bicyclic) bond motifs is 4. The van der Waals surface area contributed by atoms with Crippen LogP contribution in [0.5, 0.6) is 11.5 Å². The smallest absolute Gasteiger partial charge is 1.00 e. The zero-order valence-corrected chi connectivity index (χ0v) is 56.3. The number of pyridine rings is 2. The molecule has 370 valence electrons. The van der Waals surface area contributed by atoms with Gasteiger partial charge < -0.3 is 41.8 Å². The summed E-state index contributed by atoms with van der Waals surface area (Å²) >= 11 is 5.11. The van der Waals surface area contributed by atoms with Gasteiger partial charge in [-0.25, -0.2) is 9.97 Å². The predicted octanol–water partition coefficient (Wildman–Crippen LogP) is 1.40.